The number of ether oxygens (including phenoxy) is 1. The first kappa shape index (κ1) is 13.8. The van der Waals surface area contributed by atoms with Gasteiger partial charge in [-0.3, -0.25) is 4.79 Å². The number of nitrogens with zero attached hydrogens (tertiary/aromatic N) is 1. The second kappa shape index (κ2) is 6.03. The lowest BCUT2D eigenvalue weighted by Gasteiger charge is -2.08. The van der Waals surface area contributed by atoms with E-state index in [9.17, 15) is 4.79 Å². The SMILES string of the molecule is Cc1ccc(C)c(C(=O)COc2ccc(C#N)cc2)c1. The molecule has 3 heteroatoms. The molecule has 0 spiro atoms. The van der Waals surface area contributed by atoms with Crippen LogP contribution in [-0.2, 0) is 0 Å². The van der Waals surface area contributed by atoms with Crippen molar-refractivity contribution in [1.29, 1.82) is 5.26 Å². The molecule has 0 fully saturated rings. The molecule has 0 unspecified atom stereocenters. The van der Waals surface area contributed by atoms with Crippen LogP contribution in [0.2, 0.25) is 0 Å². The van der Waals surface area contributed by atoms with Crippen LogP contribution in [0, 0.1) is 25.2 Å². The van der Waals surface area contributed by atoms with Gasteiger partial charge in [0.2, 0.25) is 0 Å². The van der Waals surface area contributed by atoms with E-state index in [2.05, 4.69) is 0 Å². The third-order valence-electron chi connectivity index (χ3n) is 3.05. The molecule has 20 heavy (non-hydrogen) atoms. The first-order valence-corrected chi connectivity index (χ1v) is 6.33. The smallest absolute Gasteiger partial charge is 0.200 e. The molecule has 0 atom stereocenters. The van der Waals surface area contributed by atoms with Crippen molar-refractivity contribution in [3.05, 3.63) is 64.7 Å². The lowest BCUT2D eigenvalue weighted by Crippen LogP contribution is -2.13. The highest BCUT2D eigenvalue weighted by atomic mass is 16.5. The summed E-state index contributed by atoms with van der Waals surface area (Å²) >= 11 is 0. The van der Waals surface area contributed by atoms with E-state index in [0.29, 0.717) is 16.9 Å². The van der Waals surface area contributed by atoms with E-state index in [1.807, 2.05) is 38.1 Å². The van der Waals surface area contributed by atoms with Crippen LogP contribution in [0.3, 0.4) is 0 Å². The van der Waals surface area contributed by atoms with Crippen molar-refractivity contribution >= 4 is 5.78 Å². The monoisotopic (exact) mass is 265 g/mol. The van der Waals surface area contributed by atoms with Gasteiger partial charge in [0.1, 0.15) is 5.75 Å². The van der Waals surface area contributed by atoms with E-state index in [1.165, 1.54) is 0 Å². The predicted octanol–water partition coefficient (Wildman–Crippen LogP) is 3.44. The molecule has 2 aromatic carbocycles. The van der Waals surface area contributed by atoms with Crippen molar-refractivity contribution < 1.29 is 9.53 Å². The fourth-order valence-corrected chi connectivity index (χ4v) is 1.89. The van der Waals surface area contributed by atoms with E-state index in [4.69, 9.17) is 10.00 Å². The number of nitriles is 1. The maximum Gasteiger partial charge on any atom is 0.200 e. The van der Waals surface area contributed by atoms with Crippen molar-refractivity contribution in [1.82, 2.24) is 0 Å². The first-order valence-electron chi connectivity index (χ1n) is 6.33. The normalized spacial score (nSPS) is 9.85. The average molecular weight is 265 g/mol. The summed E-state index contributed by atoms with van der Waals surface area (Å²) in [5, 5.41) is 8.71. The van der Waals surface area contributed by atoms with Gasteiger partial charge in [-0.15, -0.1) is 0 Å². The van der Waals surface area contributed by atoms with Crippen LogP contribution in [-0.4, -0.2) is 12.4 Å². The summed E-state index contributed by atoms with van der Waals surface area (Å²) < 4.78 is 5.46. The largest absolute Gasteiger partial charge is 0.485 e. The summed E-state index contributed by atoms with van der Waals surface area (Å²) in [6, 6.07) is 14.5. The highest BCUT2D eigenvalue weighted by Crippen LogP contribution is 2.14. The molecular formula is C17H15NO2. The number of hydrogen-bond donors (Lipinski definition) is 0. The zero-order valence-corrected chi connectivity index (χ0v) is 11.5. The fraction of sp³-hybridized carbons (Fsp3) is 0.176. The standard InChI is InChI=1S/C17H15NO2/c1-12-3-4-13(2)16(9-12)17(19)11-20-15-7-5-14(10-18)6-8-15/h3-9H,11H2,1-2H3. The Morgan fingerprint density at radius 2 is 1.85 bits per heavy atom. The molecule has 0 aliphatic heterocycles. The Kier molecular flexibility index (Phi) is 4.17. The molecule has 2 aromatic rings. The predicted molar refractivity (Wildman–Crippen MR) is 76.9 cm³/mol. The summed E-state index contributed by atoms with van der Waals surface area (Å²) in [5.41, 5.74) is 3.26. The molecule has 0 N–H and O–H groups in total. The number of benzene rings is 2. The summed E-state index contributed by atoms with van der Waals surface area (Å²) in [5.74, 6) is 0.540. The van der Waals surface area contributed by atoms with E-state index < -0.39 is 0 Å². The summed E-state index contributed by atoms with van der Waals surface area (Å²) in [4.78, 5) is 12.1. The summed E-state index contributed by atoms with van der Waals surface area (Å²) in [7, 11) is 0. The van der Waals surface area contributed by atoms with Gasteiger partial charge in [0, 0.05) is 5.56 Å². The van der Waals surface area contributed by atoms with Crippen LogP contribution in [0.15, 0.2) is 42.5 Å². The molecule has 2 rings (SSSR count). The zero-order chi connectivity index (χ0) is 14.5. The number of carbonyl (C=O) groups excluding carboxylic acids is 1. The van der Waals surface area contributed by atoms with Gasteiger partial charge in [0.25, 0.3) is 0 Å². The highest BCUT2D eigenvalue weighted by molar-refractivity contribution is 5.98. The van der Waals surface area contributed by atoms with E-state index in [-0.39, 0.29) is 12.4 Å². The molecule has 0 aliphatic carbocycles. The average Bonchev–Trinajstić information content (AvgIpc) is 2.47. The molecule has 0 aromatic heterocycles. The summed E-state index contributed by atoms with van der Waals surface area (Å²) in [6.07, 6.45) is 0. The van der Waals surface area contributed by atoms with Gasteiger partial charge in [0.05, 0.1) is 11.6 Å². The van der Waals surface area contributed by atoms with Gasteiger partial charge in [-0.05, 0) is 49.7 Å². The Morgan fingerprint density at radius 1 is 1.15 bits per heavy atom. The van der Waals surface area contributed by atoms with Gasteiger partial charge in [-0.1, -0.05) is 17.7 Å². The van der Waals surface area contributed by atoms with Crippen LogP contribution >= 0.6 is 0 Å². The minimum Gasteiger partial charge on any atom is -0.485 e. The first-order chi connectivity index (χ1) is 9.60. The quantitative estimate of drug-likeness (QED) is 0.796. The molecule has 3 nitrogen and oxygen atoms in total. The van der Waals surface area contributed by atoms with E-state index in [1.54, 1.807) is 24.3 Å². The van der Waals surface area contributed by atoms with Crippen LogP contribution in [0.4, 0.5) is 0 Å². The van der Waals surface area contributed by atoms with E-state index >= 15 is 0 Å². The second-order valence-corrected chi connectivity index (χ2v) is 4.67. The fourth-order valence-electron chi connectivity index (χ4n) is 1.89. The number of aryl methyl sites for hydroxylation is 2. The van der Waals surface area contributed by atoms with Gasteiger partial charge in [0.15, 0.2) is 12.4 Å². The minimum absolute atomic E-state index is 0.00378. The number of carbonyl (C=O) groups is 1. The van der Waals surface area contributed by atoms with Crippen molar-refractivity contribution in [2.45, 2.75) is 13.8 Å². The molecule has 0 radical (unpaired) electrons. The van der Waals surface area contributed by atoms with Crippen LogP contribution < -0.4 is 4.74 Å². The van der Waals surface area contributed by atoms with Crippen LogP contribution in [0.1, 0.15) is 27.0 Å². The number of ketones is 1. The van der Waals surface area contributed by atoms with Crippen molar-refractivity contribution in [2.24, 2.45) is 0 Å². The molecule has 0 amide bonds. The van der Waals surface area contributed by atoms with Crippen LogP contribution in [0.5, 0.6) is 5.75 Å². The summed E-state index contributed by atoms with van der Waals surface area (Å²) in [6.45, 7) is 3.86. The maximum absolute atomic E-state index is 12.1. The Bertz CT molecular complexity index is 666. The van der Waals surface area contributed by atoms with Crippen molar-refractivity contribution in [2.75, 3.05) is 6.61 Å². The Morgan fingerprint density at radius 3 is 2.50 bits per heavy atom. The van der Waals surface area contributed by atoms with Crippen molar-refractivity contribution in [3.8, 4) is 11.8 Å². The molecule has 100 valence electrons. The Hall–Kier alpha value is -2.60. The van der Waals surface area contributed by atoms with Crippen LogP contribution in [0.25, 0.3) is 0 Å². The third-order valence-corrected chi connectivity index (χ3v) is 3.05. The molecular weight excluding hydrogens is 250 g/mol. The third kappa shape index (κ3) is 3.24. The minimum atomic E-state index is -0.0458. The highest BCUT2D eigenvalue weighted by Gasteiger charge is 2.10. The topological polar surface area (TPSA) is 50.1 Å². The maximum atomic E-state index is 12.1. The van der Waals surface area contributed by atoms with Gasteiger partial charge < -0.3 is 4.74 Å². The molecule has 0 saturated carbocycles. The Balaban J connectivity index is 2.04. The molecule has 0 aliphatic rings. The number of rotatable bonds is 4. The number of Topliss-reactive ketones (excluding diaryl/α,β-unsaturated/α-hetero) is 1. The lowest BCUT2D eigenvalue weighted by molar-refractivity contribution is 0.0921. The number of hydrogen-bond acceptors (Lipinski definition) is 3. The Labute approximate surface area is 118 Å². The van der Waals surface area contributed by atoms with Gasteiger partial charge >= 0.3 is 0 Å². The zero-order valence-electron chi connectivity index (χ0n) is 11.5. The van der Waals surface area contributed by atoms with E-state index in [0.717, 1.165) is 11.1 Å². The second-order valence-electron chi connectivity index (χ2n) is 4.67. The lowest BCUT2D eigenvalue weighted by atomic mass is 10.0. The molecule has 0 bridgehead atoms. The van der Waals surface area contributed by atoms with Crippen molar-refractivity contribution in [3.63, 3.8) is 0 Å². The van der Waals surface area contributed by atoms with Gasteiger partial charge in [-0.25, -0.2) is 0 Å². The van der Waals surface area contributed by atoms with Gasteiger partial charge in [-0.2, -0.15) is 5.26 Å². The molecule has 0 saturated heterocycles. The molecule has 0 heterocycles.